The van der Waals surface area contributed by atoms with E-state index in [9.17, 15) is 21.6 Å². The Bertz CT molecular complexity index is 1560. The molecule has 8 nitrogen and oxygen atoms in total. The van der Waals surface area contributed by atoms with Crippen LogP contribution < -0.4 is 0 Å². The number of carbonyl (C=O) groups is 1. The largest absolute Gasteiger partial charge is 0.452 e. The molecule has 0 aromatic heterocycles. The Labute approximate surface area is 245 Å². The van der Waals surface area contributed by atoms with Crippen molar-refractivity contribution < 1.29 is 26.4 Å². The minimum absolute atomic E-state index is 0.00360. The molecular formula is C28H30Cl2N2O6S2. The topological polar surface area (TPSA) is 101 Å². The molecule has 12 heteroatoms. The van der Waals surface area contributed by atoms with Crippen molar-refractivity contribution in [1.82, 2.24) is 8.61 Å². The lowest BCUT2D eigenvalue weighted by atomic mass is 10.0. The number of hydrogen-bond donors (Lipinski definition) is 0. The van der Waals surface area contributed by atoms with Crippen LogP contribution in [0.3, 0.4) is 0 Å². The fourth-order valence-electron chi connectivity index (χ4n) is 4.53. The van der Waals surface area contributed by atoms with Crippen molar-refractivity contribution in [3.8, 4) is 0 Å². The molecule has 0 bridgehead atoms. The van der Waals surface area contributed by atoms with E-state index in [1.54, 1.807) is 37.3 Å². The number of benzene rings is 3. The molecule has 214 valence electrons. The summed E-state index contributed by atoms with van der Waals surface area (Å²) in [6, 6.07) is 17.7. The normalized spacial score (nSPS) is 16.4. The van der Waals surface area contributed by atoms with Gasteiger partial charge in [0.1, 0.15) is 11.0 Å². The van der Waals surface area contributed by atoms with Gasteiger partial charge >= 0.3 is 5.97 Å². The van der Waals surface area contributed by atoms with Gasteiger partial charge in [0.05, 0.1) is 21.5 Å². The van der Waals surface area contributed by atoms with E-state index in [-0.39, 0.29) is 20.4 Å². The molecule has 40 heavy (non-hydrogen) atoms. The lowest BCUT2D eigenvalue weighted by Crippen LogP contribution is -2.40. The van der Waals surface area contributed by atoms with Gasteiger partial charge in [-0.25, -0.2) is 21.6 Å². The highest BCUT2D eigenvalue weighted by molar-refractivity contribution is 7.89. The molecular weight excluding hydrogens is 595 g/mol. The Hall–Kier alpha value is -2.47. The molecule has 1 fully saturated rings. The second kappa shape index (κ2) is 12.6. The molecule has 0 aliphatic carbocycles. The summed E-state index contributed by atoms with van der Waals surface area (Å²) in [5.74, 6) is -0.815. The van der Waals surface area contributed by atoms with Gasteiger partial charge in [-0.1, -0.05) is 60.0 Å². The Morgan fingerprint density at radius 1 is 0.900 bits per heavy atom. The van der Waals surface area contributed by atoms with Crippen LogP contribution in [0, 0.1) is 0 Å². The van der Waals surface area contributed by atoms with Crippen molar-refractivity contribution in [3.63, 3.8) is 0 Å². The predicted octanol–water partition coefficient (Wildman–Crippen LogP) is 5.78. The average Bonchev–Trinajstić information content (AvgIpc) is 2.96. The van der Waals surface area contributed by atoms with Crippen LogP contribution in [0.25, 0.3) is 0 Å². The first-order chi connectivity index (χ1) is 18.9. The number of esters is 1. The summed E-state index contributed by atoms with van der Waals surface area (Å²) < 4.78 is 61.7. The number of likely N-dealkylation sites (N-methyl/N-ethyl adjacent to an activating group) is 1. The summed E-state index contributed by atoms with van der Waals surface area (Å²) >= 11 is 12.2. The van der Waals surface area contributed by atoms with Crippen LogP contribution in [0.4, 0.5) is 0 Å². The SMILES string of the molecule is C[C@H]([C@@H](OC(=O)c1ccc(Cl)c(S(=O)(=O)N2CCCCC2)c1)c1ccccc1)N(C)S(=O)(=O)c1ccc(Cl)cc1. The van der Waals surface area contributed by atoms with E-state index in [1.165, 1.54) is 53.8 Å². The zero-order valence-corrected chi connectivity index (χ0v) is 25.2. The summed E-state index contributed by atoms with van der Waals surface area (Å²) in [6.07, 6.45) is 1.44. The van der Waals surface area contributed by atoms with Gasteiger partial charge in [0, 0.05) is 25.2 Å². The zero-order chi connectivity index (χ0) is 29.1. The number of carbonyl (C=O) groups excluding carboxylic acids is 1. The molecule has 0 spiro atoms. The predicted molar refractivity (Wildman–Crippen MR) is 155 cm³/mol. The van der Waals surface area contributed by atoms with Crippen LogP contribution in [0.5, 0.6) is 0 Å². The van der Waals surface area contributed by atoms with E-state index < -0.39 is 38.2 Å². The molecule has 0 unspecified atom stereocenters. The van der Waals surface area contributed by atoms with Crippen molar-refractivity contribution in [2.24, 2.45) is 0 Å². The van der Waals surface area contributed by atoms with Crippen LogP contribution in [0.2, 0.25) is 10.0 Å². The Morgan fingerprint density at radius 2 is 1.52 bits per heavy atom. The van der Waals surface area contributed by atoms with Crippen molar-refractivity contribution in [2.45, 2.75) is 48.1 Å². The third-order valence-corrected chi connectivity index (χ3v) is 11.6. The second-order valence-electron chi connectivity index (χ2n) is 9.56. The Balaban J connectivity index is 1.65. The third-order valence-electron chi connectivity index (χ3n) is 6.96. The number of rotatable bonds is 9. The van der Waals surface area contributed by atoms with Gasteiger partial charge in [-0.15, -0.1) is 0 Å². The monoisotopic (exact) mass is 624 g/mol. The van der Waals surface area contributed by atoms with E-state index in [0.717, 1.165) is 23.6 Å². The van der Waals surface area contributed by atoms with Crippen LogP contribution in [-0.4, -0.2) is 57.6 Å². The molecule has 1 aliphatic heterocycles. The number of hydrogen-bond acceptors (Lipinski definition) is 6. The van der Waals surface area contributed by atoms with E-state index in [1.807, 2.05) is 0 Å². The highest BCUT2D eigenvalue weighted by Gasteiger charge is 2.35. The molecule has 0 saturated carbocycles. The molecule has 0 radical (unpaired) electrons. The average molecular weight is 626 g/mol. The van der Waals surface area contributed by atoms with Crippen LogP contribution in [0.15, 0.2) is 82.6 Å². The minimum atomic E-state index is -3.97. The Morgan fingerprint density at radius 3 is 2.15 bits per heavy atom. The Kier molecular flexibility index (Phi) is 9.59. The van der Waals surface area contributed by atoms with Gasteiger partial charge in [-0.2, -0.15) is 8.61 Å². The molecule has 3 aromatic rings. The summed E-state index contributed by atoms with van der Waals surface area (Å²) in [6.45, 7) is 2.40. The fourth-order valence-corrected chi connectivity index (χ4v) is 8.03. The zero-order valence-electron chi connectivity index (χ0n) is 22.0. The lowest BCUT2D eigenvalue weighted by Gasteiger charge is -2.31. The maximum atomic E-state index is 13.4. The minimum Gasteiger partial charge on any atom is -0.452 e. The molecule has 4 rings (SSSR count). The van der Waals surface area contributed by atoms with Gasteiger partial charge < -0.3 is 4.74 Å². The number of piperidine rings is 1. The lowest BCUT2D eigenvalue weighted by molar-refractivity contribution is 0.0145. The fraction of sp³-hybridized carbons (Fsp3) is 0.321. The molecule has 3 aromatic carbocycles. The first-order valence-corrected chi connectivity index (χ1v) is 16.4. The second-order valence-corrected chi connectivity index (χ2v) is 14.3. The summed E-state index contributed by atoms with van der Waals surface area (Å²) in [7, 11) is -6.48. The molecule has 0 amide bonds. The maximum Gasteiger partial charge on any atom is 0.338 e. The van der Waals surface area contributed by atoms with Crippen LogP contribution in [0.1, 0.15) is 48.2 Å². The summed E-state index contributed by atoms with van der Waals surface area (Å²) in [5, 5.41) is 0.402. The van der Waals surface area contributed by atoms with Crippen molar-refractivity contribution in [1.29, 1.82) is 0 Å². The van der Waals surface area contributed by atoms with Crippen LogP contribution in [-0.2, 0) is 24.8 Å². The summed E-state index contributed by atoms with van der Waals surface area (Å²) in [5.41, 5.74) is 0.549. The van der Waals surface area contributed by atoms with Gasteiger partial charge in [0.15, 0.2) is 0 Å². The third kappa shape index (κ3) is 6.53. The molecule has 2 atom stereocenters. The molecule has 1 aliphatic rings. The molecule has 1 saturated heterocycles. The van der Waals surface area contributed by atoms with Crippen molar-refractivity contribution in [2.75, 3.05) is 20.1 Å². The standard InChI is InChI=1S/C28H30Cl2N2O6S2/c1-20(31(2)39(34,35)24-14-12-23(29)13-15-24)27(21-9-5-3-6-10-21)38-28(33)22-11-16-25(30)26(19-22)40(36,37)32-17-7-4-8-18-32/h3,5-6,9-16,19-20,27H,4,7-8,17-18H2,1-2H3/t20-,27-/m1/s1. The van der Waals surface area contributed by atoms with Gasteiger partial charge in [-0.3, -0.25) is 0 Å². The molecule has 1 heterocycles. The van der Waals surface area contributed by atoms with E-state index in [4.69, 9.17) is 27.9 Å². The first-order valence-electron chi connectivity index (χ1n) is 12.7. The van der Waals surface area contributed by atoms with E-state index in [2.05, 4.69) is 0 Å². The number of ether oxygens (including phenoxy) is 1. The van der Waals surface area contributed by atoms with Gasteiger partial charge in [-0.05, 0) is 67.8 Å². The van der Waals surface area contributed by atoms with E-state index in [0.29, 0.717) is 23.7 Å². The summed E-state index contributed by atoms with van der Waals surface area (Å²) in [4.78, 5) is 13.3. The smallest absolute Gasteiger partial charge is 0.338 e. The first kappa shape index (κ1) is 30.5. The van der Waals surface area contributed by atoms with Gasteiger partial charge in [0.2, 0.25) is 20.0 Å². The van der Waals surface area contributed by atoms with Crippen LogP contribution >= 0.6 is 23.2 Å². The number of nitrogens with zero attached hydrogens (tertiary/aromatic N) is 2. The molecule has 0 N–H and O–H groups in total. The highest BCUT2D eigenvalue weighted by Crippen LogP contribution is 2.32. The van der Waals surface area contributed by atoms with Crippen molar-refractivity contribution in [3.05, 3.63) is 94.0 Å². The maximum absolute atomic E-state index is 13.4. The quantitative estimate of drug-likeness (QED) is 0.280. The van der Waals surface area contributed by atoms with Gasteiger partial charge in [0.25, 0.3) is 0 Å². The van der Waals surface area contributed by atoms with E-state index >= 15 is 0 Å². The number of halogens is 2. The van der Waals surface area contributed by atoms with Crippen molar-refractivity contribution >= 4 is 49.2 Å². The number of sulfonamides is 2. The highest BCUT2D eigenvalue weighted by atomic mass is 35.5.